The fourth-order valence-electron chi connectivity index (χ4n) is 3.16. The van der Waals surface area contributed by atoms with E-state index in [0.29, 0.717) is 17.5 Å². The molecule has 0 radical (unpaired) electrons. The molecule has 130 valence electrons. The Morgan fingerprint density at radius 3 is 2.54 bits per heavy atom. The predicted molar refractivity (Wildman–Crippen MR) is 98.3 cm³/mol. The molecule has 0 atom stereocenters. The molecular weight excluding hydrogens is 302 g/mol. The topological polar surface area (TPSA) is 45.1 Å². The monoisotopic (exact) mass is 329 g/mol. The molecule has 0 spiro atoms. The van der Waals surface area contributed by atoms with Crippen molar-refractivity contribution in [3.05, 3.63) is 36.0 Å². The summed E-state index contributed by atoms with van der Waals surface area (Å²) in [6, 6.07) is 7.88. The number of hydrogen-bond acceptors (Lipinski definition) is 3. The van der Waals surface area contributed by atoms with Crippen molar-refractivity contribution >= 4 is 18.4 Å². The standard InChI is InChI=1S/C19H27N3O2/c1-20-17(16-12-8-9-13-18(16)24-4)14-21(2)19(23)22(3)15-10-6-5-7-11-15/h8-9,12-15H,1,5-7,10-11H2,2-4H3. The number of carbonyl (C=O) groups is 1. The number of para-hydroxylation sites is 1. The lowest BCUT2D eigenvalue weighted by atomic mass is 9.95. The maximum atomic E-state index is 12.7. The number of rotatable bonds is 5. The van der Waals surface area contributed by atoms with Crippen LogP contribution in [0.25, 0.3) is 5.70 Å². The molecule has 5 heteroatoms. The molecule has 0 heterocycles. The van der Waals surface area contributed by atoms with Gasteiger partial charge in [0.25, 0.3) is 0 Å². The van der Waals surface area contributed by atoms with Gasteiger partial charge in [-0.3, -0.25) is 4.99 Å². The lowest BCUT2D eigenvalue weighted by Gasteiger charge is -2.33. The molecule has 1 saturated carbocycles. The molecule has 0 aliphatic heterocycles. The minimum atomic E-state index is -0.0297. The van der Waals surface area contributed by atoms with E-state index in [2.05, 4.69) is 11.7 Å². The van der Waals surface area contributed by atoms with E-state index < -0.39 is 0 Å². The molecule has 1 aromatic rings. The Balaban J connectivity index is 2.17. The molecule has 2 amide bonds. The Morgan fingerprint density at radius 1 is 1.25 bits per heavy atom. The van der Waals surface area contributed by atoms with Crippen LogP contribution in [0.5, 0.6) is 5.75 Å². The SMILES string of the molecule is C=NC(=CN(C)C(=O)N(C)C1CCCCC1)c1ccccc1OC. The van der Waals surface area contributed by atoms with Crippen LogP contribution < -0.4 is 4.74 Å². The second-order valence-electron chi connectivity index (χ2n) is 6.17. The number of amides is 2. The predicted octanol–water partition coefficient (Wildman–Crippen LogP) is 4.01. The summed E-state index contributed by atoms with van der Waals surface area (Å²) in [6.07, 6.45) is 7.54. The van der Waals surface area contributed by atoms with E-state index in [1.807, 2.05) is 36.2 Å². The smallest absolute Gasteiger partial charge is 0.323 e. The van der Waals surface area contributed by atoms with Crippen LogP contribution in [0.3, 0.4) is 0 Å². The van der Waals surface area contributed by atoms with E-state index in [4.69, 9.17) is 4.74 Å². The Hall–Kier alpha value is -2.30. The zero-order chi connectivity index (χ0) is 17.5. The first-order valence-electron chi connectivity index (χ1n) is 8.40. The van der Waals surface area contributed by atoms with Crippen LogP contribution in [-0.4, -0.2) is 49.8 Å². The molecule has 1 fully saturated rings. The van der Waals surface area contributed by atoms with Crippen LogP contribution >= 0.6 is 0 Å². The van der Waals surface area contributed by atoms with E-state index in [1.54, 1.807) is 25.3 Å². The van der Waals surface area contributed by atoms with Crippen molar-refractivity contribution in [2.45, 2.75) is 38.1 Å². The fourth-order valence-corrected chi connectivity index (χ4v) is 3.16. The van der Waals surface area contributed by atoms with Gasteiger partial charge in [-0.2, -0.15) is 0 Å². The van der Waals surface area contributed by atoms with Crippen molar-refractivity contribution in [3.8, 4) is 5.75 Å². The summed E-state index contributed by atoms with van der Waals surface area (Å²) in [4.78, 5) is 20.2. The molecule has 1 aliphatic carbocycles. The van der Waals surface area contributed by atoms with Crippen LogP contribution in [0.1, 0.15) is 37.7 Å². The second-order valence-corrected chi connectivity index (χ2v) is 6.17. The summed E-state index contributed by atoms with van der Waals surface area (Å²) < 4.78 is 5.37. The van der Waals surface area contributed by atoms with Gasteiger partial charge < -0.3 is 14.5 Å². The average molecular weight is 329 g/mol. The van der Waals surface area contributed by atoms with Gasteiger partial charge >= 0.3 is 6.03 Å². The van der Waals surface area contributed by atoms with Crippen molar-refractivity contribution in [2.24, 2.45) is 4.99 Å². The first-order chi connectivity index (χ1) is 11.6. The van der Waals surface area contributed by atoms with Gasteiger partial charge in [0.15, 0.2) is 0 Å². The number of benzene rings is 1. The number of carbonyl (C=O) groups excluding carboxylic acids is 1. The third-order valence-electron chi connectivity index (χ3n) is 4.60. The molecule has 24 heavy (non-hydrogen) atoms. The average Bonchev–Trinajstić information content (AvgIpc) is 2.65. The summed E-state index contributed by atoms with van der Waals surface area (Å²) in [5, 5.41) is 0. The van der Waals surface area contributed by atoms with Gasteiger partial charge in [-0.1, -0.05) is 31.4 Å². The number of hydrogen-bond donors (Lipinski definition) is 0. The minimum absolute atomic E-state index is 0.0297. The van der Waals surface area contributed by atoms with E-state index in [1.165, 1.54) is 19.3 Å². The lowest BCUT2D eigenvalue weighted by Crippen LogP contribution is -2.43. The van der Waals surface area contributed by atoms with Crippen LogP contribution in [0.15, 0.2) is 35.5 Å². The van der Waals surface area contributed by atoms with Gasteiger partial charge in [-0.05, 0) is 31.7 Å². The quantitative estimate of drug-likeness (QED) is 0.766. The zero-order valence-corrected chi connectivity index (χ0v) is 14.9. The summed E-state index contributed by atoms with van der Waals surface area (Å²) >= 11 is 0. The third-order valence-corrected chi connectivity index (χ3v) is 4.60. The normalized spacial score (nSPS) is 15.7. The Bertz CT molecular complexity index is 606. The summed E-state index contributed by atoms with van der Waals surface area (Å²) in [5.41, 5.74) is 1.43. The van der Waals surface area contributed by atoms with Gasteiger partial charge in [0, 0.05) is 31.9 Å². The van der Waals surface area contributed by atoms with Crippen molar-refractivity contribution in [1.82, 2.24) is 9.80 Å². The number of methoxy groups -OCH3 is 1. The van der Waals surface area contributed by atoms with E-state index in [-0.39, 0.29) is 6.03 Å². The zero-order valence-electron chi connectivity index (χ0n) is 14.9. The molecule has 0 bridgehead atoms. The highest BCUT2D eigenvalue weighted by atomic mass is 16.5. The molecule has 1 aliphatic rings. The van der Waals surface area contributed by atoms with Crippen LogP contribution in [-0.2, 0) is 0 Å². The van der Waals surface area contributed by atoms with E-state index >= 15 is 0 Å². The van der Waals surface area contributed by atoms with Gasteiger partial charge in [-0.15, -0.1) is 0 Å². The van der Waals surface area contributed by atoms with Gasteiger partial charge in [0.05, 0.1) is 12.8 Å². The van der Waals surface area contributed by atoms with E-state index in [0.717, 1.165) is 18.4 Å². The van der Waals surface area contributed by atoms with Gasteiger partial charge in [0.2, 0.25) is 0 Å². The molecule has 2 rings (SSSR count). The number of ether oxygens (including phenoxy) is 1. The molecule has 0 N–H and O–H groups in total. The fraction of sp³-hybridized carbons (Fsp3) is 0.474. The number of urea groups is 1. The first kappa shape index (κ1) is 18.0. The highest BCUT2D eigenvalue weighted by molar-refractivity contribution is 5.79. The maximum absolute atomic E-state index is 12.7. The van der Waals surface area contributed by atoms with Crippen LogP contribution in [0, 0.1) is 0 Å². The first-order valence-corrected chi connectivity index (χ1v) is 8.40. The van der Waals surface area contributed by atoms with Gasteiger partial charge in [-0.25, -0.2) is 4.79 Å². The molecule has 0 saturated heterocycles. The molecule has 5 nitrogen and oxygen atoms in total. The van der Waals surface area contributed by atoms with Crippen molar-refractivity contribution in [3.63, 3.8) is 0 Å². The maximum Gasteiger partial charge on any atom is 0.323 e. The third kappa shape index (κ3) is 4.16. The Labute approximate surface area is 144 Å². The van der Waals surface area contributed by atoms with Crippen molar-refractivity contribution in [2.75, 3.05) is 21.2 Å². The summed E-state index contributed by atoms with van der Waals surface area (Å²) in [5.74, 6) is 0.706. The van der Waals surface area contributed by atoms with Crippen molar-refractivity contribution < 1.29 is 9.53 Å². The molecular formula is C19H27N3O2. The second kappa shape index (κ2) is 8.52. The highest BCUT2D eigenvalue weighted by Gasteiger charge is 2.24. The van der Waals surface area contributed by atoms with Crippen molar-refractivity contribution in [1.29, 1.82) is 0 Å². The van der Waals surface area contributed by atoms with Crippen LogP contribution in [0.4, 0.5) is 4.79 Å². The largest absolute Gasteiger partial charge is 0.496 e. The molecule has 1 aromatic carbocycles. The van der Waals surface area contributed by atoms with Gasteiger partial charge in [0.1, 0.15) is 5.75 Å². The Morgan fingerprint density at radius 2 is 1.92 bits per heavy atom. The summed E-state index contributed by atoms with van der Waals surface area (Å²) in [7, 11) is 5.25. The van der Waals surface area contributed by atoms with Crippen LogP contribution in [0.2, 0.25) is 0 Å². The molecule has 0 unspecified atom stereocenters. The van der Waals surface area contributed by atoms with E-state index in [9.17, 15) is 4.79 Å². The molecule has 0 aromatic heterocycles. The number of aliphatic imine (C=N–C) groups is 1. The summed E-state index contributed by atoms with van der Waals surface area (Å²) in [6.45, 7) is 3.63. The lowest BCUT2D eigenvalue weighted by molar-refractivity contribution is 0.154. The highest BCUT2D eigenvalue weighted by Crippen LogP contribution is 2.27. The Kier molecular flexibility index (Phi) is 6.41. The minimum Gasteiger partial charge on any atom is -0.496 e. The number of nitrogens with zero attached hydrogens (tertiary/aromatic N) is 3.